The van der Waals surface area contributed by atoms with Crippen LogP contribution < -0.4 is 20.4 Å². The lowest BCUT2D eigenvalue weighted by Gasteiger charge is -2.17. The van der Waals surface area contributed by atoms with Crippen LogP contribution in [0.25, 0.3) is 0 Å². The summed E-state index contributed by atoms with van der Waals surface area (Å²) in [6.07, 6.45) is 0.858. The average Bonchev–Trinajstić information content (AvgIpc) is 2.64. The highest BCUT2D eigenvalue weighted by molar-refractivity contribution is 7.92. The normalized spacial score (nSPS) is 12.1. The lowest BCUT2D eigenvalue weighted by Crippen LogP contribution is -2.32. The monoisotopic (exact) mass is 493 g/mol. The summed E-state index contributed by atoms with van der Waals surface area (Å²) in [7, 11) is -8.43. The van der Waals surface area contributed by atoms with E-state index in [4.69, 9.17) is 20.4 Å². The molecule has 4 N–H and O–H groups in total. The number of oxime groups is 1. The van der Waals surface area contributed by atoms with Gasteiger partial charge in [-0.05, 0) is 41.9 Å². The smallest absolute Gasteiger partial charge is 0.340 e. The van der Waals surface area contributed by atoms with Gasteiger partial charge in [-0.15, -0.1) is 0 Å². The van der Waals surface area contributed by atoms with Crippen molar-refractivity contribution in [2.75, 3.05) is 19.5 Å². The lowest BCUT2D eigenvalue weighted by molar-refractivity contribution is -0.101. The number of nitrogens with zero attached hydrogens (tertiary/aromatic N) is 1. The molecule has 32 heavy (non-hydrogen) atoms. The van der Waals surface area contributed by atoms with E-state index in [0.29, 0.717) is 5.56 Å². The fourth-order valence-electron chi connectivity index (χ4n) is 2.41. The summed E-state index contributed by atoms with van der Waals surface area (Å²) in [5, 5.41) is 2.99. The second kappa shape index (κ2) is 9.56. The van der Waals surface area contributed by atoms with Gasteiger partial charge in [0.1, 0.15) is 16.4 Å². The molecular weight excluding hydrogens is 472 g/mol. The molecule has 0 saturated heterocycles. The molecular formula is C18H21F2N3O7S2. The average molecular weight is 494 g/mol. The lowest BCUT2D eigenvalue weighted by atomic mass is 10.2. The van der Waals surface area contributed by atoms with Crippen molar-refractivity contribution in [1.29, 1.82) is 0 Å². The van der Waals surface area contributed by atoms with Crippen molar-refractivity contribution in [2.45, 2.75) is 22.6 Å². The Morgan fingerprint density at radius 3 is 2.19 bits per heavy atom. The van der Waals surface area contributed by atoms with Crippen LogP contribution in [0.1, 0.15) is 5.56 Å². The Morgan fingerprint density at radius 1 is 1.00 bits per heavy atom. The topological polar surface area (TPSA) is 160 Å². The number of halogens is 2. The van der Waals surface area contributed by atoms with Crippen molar-refractivity contribution in [3.8, 4) is 11.5 Å². The van der Waals surface area contributed by atoms with Gasteiger partial charge in [-0.1, -0.05) is 12.1 Å². The number of rotatable bonds is 10. The number of nitrogens with two attached hydrogens (primary N) is 2. The fraction of sp³-hybridized carbons (Fsp3) is 0.278. The van der Waals surface area contributed by atoms with Gasteiger partial charge >= 0.3 is 16.0 Å². The summed E-state index contributed by atoms with van der Waals surface area (Å²) < 4.78 is 86.9. The van der Waals surface area contributed by atoms with Gasteiger partial charge in [0.25, 0.3) is 0 Å². The maximum absolute atomic E-state index is 13.8. The molecule has 0 aliphatic heterocycles. The zero-order chi connectivity index (χ0) is 24.2. The van der Waals surface area contributed by atoms with Gasteiger partial charge in [0.15, 0.2) is 23.1 Å². The highest BCUT2D eigenvalue weighted by Crippen LogP contribution is 2.29. The van der Waals surface area contributed by atoms with Crippen LogP contribution in [-0.4, -0.2) is 48.2 Å². The predicted octanol–water partition coefficient (Wildman–Crippen LogP) is 1.39. The Kier molecular flexibility index (Phi) is 7.51. The summed E-state index contributed by atoms with van der Waals surface area (Å²) in [5.74, 6) is -4.37. The zero-order valence-corrected chi connectivity index (χ0v) is 18.6. The molecule has 14 heteroatoms. The van der Waals surface area contributed by atoms with Crippen molar-refractivity contribution in [3.05, 3.63) is 48.0 Å². The van der Waals surface area contributed by atoms with E-state index in [1.54, 1.807) is 6.92 Å². The number of benzene rings is 2. The van der Waals surface area contributed by atoms with Gasteiger partial charge in [-0.3, -0.25) is 0 Å². The van der Waals surface area contributed by atoms with E-state index in [1.165, 1.54) is 24.3 Å². The Labute approximate surface area is 183 Å². The van der Waals surface area contributed by atoms with Crippen LogP contribution in [0, 0.1) is 6.92 Å². The van der Waals surface area contributed by atoms with Gasteiger partial charge in [-0.2, -0.15) is 17.2 Å². The third kappa shape index (κ3) is 7.23. The first-order chi connectivity index (χ1) is 14.7. The maximum atomic E-state index is 13.8. The predicted molar refractivity (Wildman–Crippen MR) is 111 cm³/mol. The SMILES string of the molecule is Cc1cc(OCC(F)(F)CON=C(N)N)cc(OS(=O)(=O)c2ccccc2S(C)(=O)=O)c1. The Hall–Kier alpha value is -3.13. The van der Waals surface area contributed by atoms with Crippen molar-refractivity contribution in [1.82, 2.24) is 0 Å². The van der Waals surface area contributed by atoms with Crippen LogP contribution >= 0.6 is 0 Å². The van der Waals surface area contributed by atoms with Crippen LogP contribution in [0.3, 0.4) is 0 Å². The second-order valence-electron chi connectivity index (χ2n) is 6.67. The molecule has 0 radical (unpaired) electrons. The van der Waals surface area contributed by atoms with Crippen LogP contribution in [-0.2, 0) is 24.8 Å². The molecule has 176 valence electrons. The molecule has 0 heterocycles. The van der Waals surface area contributed by atoms with Crippen LogP contribution in [0.5, 0.6) is 11.5 Å². The van der Waals surface area contributed by atoms with E-state index in [9.17, 15) is 25.6 Å². The van der Waals surface area contributed by atoms with E-state index < -0.39 is 54.8 Å². The second-order valence-corrected chi connectivity index (χ2v) is 10.2. The molecule has 0 saturated carbocycles. The highest BCUT2D eigenvalue weighted by Gasteiger charge is 2.32. The minimum atomic E-state index is -4.57. The van der Waals surface area contributed by atoms with Crippen molar-refractivity contribution < 1.29 is 39.4 Å². The molecule has 0 aliphatic carbocycles. The van der Waals surface area contributed by atoms with Crippen LogP contribution in [0.2, 0.25) is 0 Å². The first-order valence-electron chi connectivity index (χ1n) is 8.76. The van der Waals surface area contributed by atoms with Crippen molar-refractivity contribution >= 4 is 25.9 Å². The number of ether oxygens (including phenoxy) is 1. The summed E-state index contributed by atoms with van der Waals surface area (Å²) >= 11 is 0. The minimum absolute atomic E-state index is 0.117. The van der Waals surface area contributed by atoms with E-state index in [1.807, 2.05) is 0 Å². The molecule has 0 amide bonds. The van der Waals surface area contributed by atoms with E-state index in [2.05, 4.69) is 9.99 Å². The number of hydrogen-bond acceptors (Lipinski definition) is 8. The molecule has 0 aromatic heterocycles. The van der Waals surface area contributed by atoms with Gasteiger partial charge in [-0.25, -0.2) is 8.42 Å². The van der Waals surface area contributed by atoms with E-state index in [0.717, 1.165) is 24.5 Å². The number of aryl methyl sites for hydroxylation is 1. The molecule has 10 nitrogen and oxygen atoms in total. The molecule has 2 rings (SSSR count). The number of sulfone groups is 1. The van der Waals surface area contributed by atoms with Gasteiger partial charge in [0.2, 0.25) is 5.96 Å². The van der Waals surface area contributed by atoms with Gasteiger partial charge in [0.05, 0.1) is 4.90 Å². The molecule has 0 bridgehead atoms. The first kappa shape index (κ1) is 25.1. The molecule has 0 aliphatic rings. The van der Waals surface area contributed by atoms with Crippen molar-refractivity contribution in [2.24, 2.45) is 16.6 Å². The first-order valence-corrected chi connectivity index (χ1v) is 12.1. The third-order valence-electron chi connectivity index (χ3n) is 3.64. The summed E-state index contributed by atoms with van der Waals surface area (Å²) in [4.78, 5) is 3.30. The molecule has 0 unspecified atom stereocenters. The van der Waals surface area contributed by atoms with Crippen molar-refractivity contribution in [3.63, 3.8) is 0 Å². The van der Waals surface area contributed by atoms with Crippen LogP contribution in [0.15, 0.2) is 57.4 Å². The molecule has 0 atom stereocenters. The van der Waals surface area contributed by atoms with Gasteiger partial charge < -0.3 is 25.2 Å². The summed E-state index contributed by atoms with van der Waals surface area (Å²) in [5.41, 5.74) is 10.4. The highest BCUT2D eigenvalue weighted by atomic mass is 32.2. The quantitative estimate of drug-likeness (QED) is 0.216. The largest absolute Gasteiger partial charge is 0.487 e. The van der Waals surface area contributed by atoms with E-state index >= 15 is 0 Å². The number of guanidine groups is 1. The number of alkyl halides is 2. The van der Waals surface area contributed by atoms with Crippen LogP contribution in [0.4, 0.5) is 8.78 Å². The number of hydrogen-bond donors (Lipinski definition) is 2. The molecule has 0 spiro atoms. The molecule has 0 fully saturated rings. The standard InChI is InChI=1S/C18H21F2N3O7S2/c1-12-7-13(28-10-18(19,20)11-29-23-17(21)22)9-14(8-12)30-32(26,27)16-6-4-3-5-15(16)31(2,24)25/h3-9H,10-11H2,1-2H3,(H4,21,22,23). The summed E-state index contributed by atoms with van der Waals surface area (Å²) in [6.45, 7) is -0.729. The Morgan fingerprint density at radius 2 is 1.59 bits per heavy atom. The molecule has 2 aromatic carbocycles. The zero-order valence-electron chi connectivity index (χ0n) is 17.0. The maximum Gasteiger partial charge on any atom is 0.340 e. The summed E-state index contributed by atoms with van der Waals surface area (Å²) in [6, 6.07) is 8.66. The third-order valence-corrected chi connectivity index (χ3v) is 6.23. The fourth-order valence-corrected chi connectivity index (χ4v) is 4.93. The molecule has 2 aromatic rings. The Bertz CT molecular complexity index is 1210. The minimum Gasteiger partial charge on any atom is -0.487 e. The Balaban J connectivity index is 2.22. The van der Waals surface area contributed by atoms with Gasteiger partial charge in [0, 0.05) is 12.3 Å². The van der Waals surface area contributed by atoms with E-state index in [-0.39, 0.29) is 11.5 Å².